The standard InChI is InChI=1S/C12H13ClN2O2/c13-9-3-1-2-8(4-9)5-11(16)15-7-10(14)6-12(15)17/h1-4,10H,5-7,14H2. The van der Waals surface area contributed by atoms with E-state index in [0.717, 1.165) is 5.56 Å². The number of hydrogen-bond donors (Lipinski definition) is 1. The van der Waals surface area contributed by atoms with Gasteiger partial charge >= 0.3 is 0 Å². The molecule has 1 heterocycles. The highest BCUT2D eigenvalue weighted by Crippen LogP contribution is 2.14. The normalized spacial score (nSPS) is 19.8. The first-order valence-electron chi connectivity index (χ1n) is 5.39. The summed E-state index contributed by atoms with van der Waals surface area (Å²) >= 11 is 5.83. The van der Waals surface area contributed by atoms with Crippen molar-refractivity contribution in [2.24, 2.45) is 5.73 Å². The predicted molar refractivity (Wildman–Crippen MR) is 64.5 cm³/mol. The van der Waals surface area contributed by atoms with Gasteiger partial charge in [0.15, 0.2) is 0 Å². The summed E-state index contributed by atoms with van der Waals surface area (Å²) in [4.78, 5) is 24.6. The van der Waals surface area contributed by atoms with Gasteiger partial charge in [0.1, 0.15) is 0 Å². The van der Waals surface area contributed by atoms with Crippen LogP contribution in [0.25, 0.3) is 0 Å². The molecule has 4 nitrogen and oxygen atoms in total. The zero-order chi connectivity index (χ0) is 12.4. The number of carbonyl (C=O) groups is 2. The van der Waals surface area contributed by atoms with Crippen LogP contribution >= 0.6 is 11.6 Å². The van der Waals surface area contributed by atoms with E-state index in [0.29, 0.717) is 11.6 Å². The number of carbonyl (C=O) groups excluding carboxylic acids is 2. The molecule has 0 aliphatic carbocycles. The Morgan fingerprint density at radius 1 is 1.53 bits per heavy atom. The zero-order valence-corrected chi connectivity index (χ0v) is 9.98. The number of nitrogens with zero attached hydrogens (tertiary/aromatic N) is 1. The second-order valence-electron chi connectivity index (χ2n) is 4.17. The summed E-state index contributed by atoms with van der Waals surface area (Å²) in [6, 6.07) is 6.82. The van der Waals surface area contributed by atoms with Gasteiger partial charge in [-0.3, -0.25) is 14.5 Å². The van der Waals surface area contributed by atoms with Crippen molar-refractivity contribution in [2.45, 2.75) is 18.9 Å². The molecule has 17 heavy (non-hydrogen) atoms. The first-order chi connectivity index (χ1) is 8.06. The van der Waals surface area contributed by atoms with Gasteiger partial charge in [-0.15, -0.1) is 0 Å². The third kappa shape index (κ3) is 2.84. The fraction of sp³-hybridized carbons (Fsp3) is 0.333. The highest BCUT2D eigenvalue weighted by molar-refractivity contribution is 6.30. The van der Waals surface area contributed by atoms with Crippen molar-refractivity contribution in [1.82, 2.24) is 4.90 Å². The highest BCUT2D eigenvalue weighted by atomic mass is 35.5. The molecule has 0 spiro atoms. The lowest BCUT2D eigenvalue weighted by Gasteiger charge is -2.13. The third-order valence-electron chi connectivity index (χ3n) is 2.70. The smallest absolute Gasteiger partial charge is 0.233 e. The lowest BCUT2D eigenvalue weighted by Crippen LogP contribution is -2.35. The molecule has 1 aliphatic heterocycles. The minimum atomic E-state index is -0.231. The van der Waals surface area contributed by atoms with Gasteiger partial charge in [0, 0.05) is 24.0 Å². The number of rotatable bonds is 2. The Balaban J connectivity index is 2.05. The molecule has 2 amide bonds. The summed E-state index contributed by atoms with van der Waals surface area (Å²) in [6.07, 6.45) is 0.431. The van der Waals surface area contributed by atoms with Gasteiger partial charge in [0.05, 0.1) is 6.42 Å². The molecule has 0 radical (unpaired) electrons. The fourth-order valence-corrected chi connectivity index (χ4v) is 2.11. The largest absolute Gasteiger partial charge is 0.326 e. The summed E-state index contributed by atoms with van der Waals surface area (Å²) in [7, 11) is 0. The molecular weight excluding hydrogens is 240 g/mol. The van der Waals surface area contributed by atoms with Crippen LogP contribution in [-0.4, -0.2) is 29.3 Å². The van der Waals surface area contributed by atoms with Crippen LogP contribution in [0.1, 0.15) is 12.0 Å². The van der Waals surface area contributed by atoms with Crippen molar-refractivity contribution in [3.05, 3.63) is 34.9 Å². The molecule has 1 fully saturated rings. The monoisotopic (exact) mass is 252 g/mol. The van der Waals surface area contributed by atoms with Crippen LogP contribution in [0.3, 0.4) is 0 Å². The summed E-state index contributed by atoms with van der Waals surface area (Å²) in [5.41, 5.74) is 6.44. The number of imide groups is 1. The van der Waals surface area contributed by atoms with E-state index in [9.17, 15) is 9.59 Å². The average Bonchev–Trinajstić information content (AvgIpc) is 2.58. The van der Waals surface area contributed by atoms with Crippen molar-refractivity contribution < 1.29 is 9.59 Å². The molecule has 2 N–H and O–H groups in total. The van der Waals surface area contributed by atoms with E-state index >= 15 is 0 Å². The number of hydrogen-bond acceptors (Lipinski definition) is 3. The van der Waals surface area contributed by atoms with Gasteiger partial charge < -0.3 is 5.73 Å². The minimum absolute atomic E-state index is 0.180. The van der Waals surface area contributed by atoms with E-state index < -0.39 is 0 Å². The van der Waals surface area contributed by atoms with Crippen molar-refractivity contribution in [2.75, 3.05) is 6.54 Å². The number of likely N-dealkylation sites (tertiary alicyclic amines) is 1. The lowest BCUT2D eigenvalue weighted by molar-refractivity contribution is -0.141. The Hall–Kier alpha value is -1.39. The van der Waals surface area contributed by atoms with Crippen molar-refractivity contribution >= 4 is 23.4 Å². The molecule has 0 saturated carbocycles. The van der Waals surface area contributed by atoms with E-state index in [1.165, 1.54) is 4.90 Å². The van der Waals surface area contributed by atoms with E-state index in [1.807, 2.05) is 6.07 Å². The maximum Gasteiger partial charge on any atom is 0.233 e. The number of halogens is 1. The maximum atomic E-state index is 11.9. The molecule has 1 atom stereocenters. The number of benzene rings is 1. The van der Waals surface area contributed by atoms with Crippen LogP contribution in [0.4, 0.5) is 0 Å². The van der Waals surface area contributed by atoms with Crippen LogP contribution in [-0.2, 0) is 16.0 Å². The maximum absolute atomic E-state index is 11.9. The molecule has 1 saturated heterocycles. The molecule has 5 heteroatoms. The van der Waals surface area contributed by atoms with Crippen LogP contribution < -0.4 is 5.73 Å². The molecule has 90 valence electrons. The van der Waals surface area contributed by atoms with Crippen LogP contribution in [0.2, 0.25) is 5.02 Å². The second-order valence-corrected chi connectivity index (χ2v) is 4.61. The van der Waals surface area contributed by atoms with Crippen molar-refractivity contribution in [3.8, 4) is 0 Å². The van der Waals surface area contributed by atoms with Gasteiger partial charge in [-0.05, 0) is 17.7 Å². The first kappa shape index (κ1) is 12.1. The van der Waals surface area contributed by atoms with E-state index in [4.69, 9.17) is 17.3 Å². The lowest BCUT2D eigenvalue weighted by atomic mass is 10.1. The number of amides is 2. The summed E-state index contributed by atoms with van der Waals surface area (Å²) < 4.78 is 0. The van der Waals surface area contributed by atoms with E-state index in [-0.39, 0.29) is 30.7 Å². The predicted octanol–water partition coefficient (Wildman–Crippen LogP) is 0.969. The van der Waals surface area contributed by atoms with Gasteiger partial charge in [-0.25, -0.2) is 0 Å². The Bertz CT molecular complexity index is 462. The van der Waals surface area contributed by atoms with Crippen LogP contribution in [0.5, 0.6) is 0 Å². The molecule has 1 unspecified atom stereocenters. The molecule has 1 aliphatic rings. The van der Waals surface area contributed by atoms with E-state index in [1.54, 1.807) is 18.2 Å². The van der Waals surface area contributed by atoms with Crippen LogP contribution in [0.15, 0.2) is 24.3 Å². The Morgan fingerprint density at radius 3 is 2.88 bits per heavy atom. The zero-order valence-electron chi connectivity index (χ0n) is 9.23. The van der Waals surface area contributed by atoms with Crippen molar-refractivity contribution in [1.29, 1.82) is 0 Å². The quantitative estimate of drug-likeness (QED) is 0.853. The molecule has 0 bridgehead atoms. The topological polar surface area (TPSA) is 63.4 Å². The van der Waals surface area contributed by atoms with Gasteiger partial charge in [0.2, 0.25) is 11.8 Å². The summed E-state index contributed by atoms with van der Waals surface area (Å²) in [5.74, 6) is -0.408. The summed E-state index contributed by atoms with van der Waals surface area (Å²) in [6.45, 7) is 0.318. The molecule has 1 aromatic rings. The second kappa shape index (κ2) is 4.85. The Morgan fingerprint density at radius 2 is 2.29 bits per heavy atom. The SMILES string of the molecule is NC1CC(=O)N(C(=O)Cc2cccc(Cl)c2)C1. The highest BCUT2D eigenvalue weighted by Gasteiger charge is 2.31. The Kier molecular flexibility index (Phi) is 3.45. The van der Waals surface area contributed by atoms with Gasteiger partial charge in [-0.2, -0.15) is 0 Å². The number of nitrogens with two attached hydrogens (primary N) is 1. The minimum Gasteiger partial charge on any atom is -0.326 e. The Labute approximate surface area is 104 Å². The van der Waals surface area contributed by atoms with Crippen molar-refractivity contribution in [3.63, 3.8) is 0 Å². The van der Waals surface area contributed by atoms with E-state index in [2.05, 4.69) is 0 Å². The molecule has 1 aromatic carbocycles. The molecule has 0 aromatic heterocycles. The summed E-state index contributed by atoms with van der Waals surface area (Å²) in [5, 5.41) is 0.583. The third-order valence-corrected chi connectivity index (χ3v) is 2.94. The fourth-order valence-electron chi connectivity index (χ4n) is 1.89. The van der Waals surface area contributed by atoms with Gasteiger partial charge in [0.25, 0.3) is 0 Å². The van der Waals surface area contributed by atoms with Gasteiger partial charge in [-0.1, -0.05) is 23.7 Å². The average molecular weight is 253 g/mol. The van der Waals surface area contributed by atoms with Crippen LogP contribution in [0, 0.1) is 0 Å². The first-order valence-corrected chi connectivity index (χ1v) is 5.77. The molecular formula is C12H13ClN2O2. The molecule has 2 rings (SSSR count).